The molecule has 0 heterocycles. The molecule has 2 heteroatoms. The van der Waals surface area contributed by atoms with Gasteiger partial charge >= 0.3 is 0 Å². The van der Waals surface area contributed by atoms with Crippen molar-refractivity contribution in [1.82, 2.24) is 0 Å². The average molecular weight is 278 g/mol. The van der Waals surface area contributed by atoms with Gasteiger partial charge in [0.25, 0.3) is 0 Å². The molecule has 0 aromatic carbocycles. The highest BCUT2D eigenvalue weighted by Crippen LogP contribution is 2.33. The van der Waals surface area contributed by atoms with E-state index in [0.717, 1.165) is 0 Å². The maximum Gasteiger partial charge on any atom is 0.202 e. The lowest BCUT2D eigenvalue weighted by Gasteiger charge is -2.26. The van der Waals surface area contributed by atoms with Crippen LogP contribution in [0, 0.1) is 0 Å². The van der Waals surface area contributed by atoms with Crippen LogP contribution >= 0.6 is 21.8 Å². The third kappa shape index (κ3) is 2.05. The third-order valence-electron chi connectivity index (χ3n) is 1.76. The number of allylic oxidation sites excluding steroid dienone is 3. The summed E-state index contributed by atoms with van der Waals surface area (Å²) in [6.45, 7) is 18.2. The molecule has 0 aromatic rings. The fraction of sp³-hybridized carbons (Fsp3) is 0.333. The second-order valence-electron chi connectivity index (χ2n) is 3.00. The molecule has 0 fully saturated rings. The van der Waals surface area contributed by atoms with E-state index in [0.29, 0.717) is 0 Å². The van der Waals surface area contributed by atoms with E-state index >= 15 is 0 Å². The van der Waals surface area contributed by atoms with E-state index < -0.39 is 5.57 Å². The summed E-state index contributed by atoms with van der Waals surface area (Å²) >= 11 is 2.49. The molecule has 0 spiro atoms. The number of hydrogen-bond acceptors (Lipinski definition) is 0. The van der Waals surface area contributed by atoms with E-state index in [1.54, 1.807) is 0 Å². The molecule has 0 aliphatic carbocycles. The first kappa shape index (κ1) is 11.2. The summed E-state index contributed by atoms with van der Waals surface area (Å²) in [6.07, 6.45) is 0. The van der Waals surface area contributed by atoms with E-state index in [1.165, 1.54) is 15.6 Å². The number of halogens is 1. The summed E-state index contributed by atoms with van der Waals surface area (Å²) in [5.41, 5.74) is -1.59. The first-order valence-electron chi connectivity index (χ1n) is 3.50. The Bertz CT molecular complexity index is 180. The molecule has 0 unspecified atom stereocenters. The van der Waals surface area contributed by atoms with Crippen LogP contribution in [0.1, 0.15) is 20.8 Å². The summed E-state index contributed by atoms with van der Waals surface area (Å²) in [7, 11) is 0. The van der Waals surface area contributed by atoms with Crippen LogP contribution in [0.3, 0.4) is 0 Å². The molecule has 0 atom stereocenters. The first-order valence-corrected chi connectivity index (χ1v) is 8.61. The second kappa shape index (κ2) is 3.71. The quantitative estimate of drug-likeness (QED) is 0.419. The lowest BCUT2D eigenvalue weighted by Crippen LogP contribution is -2.31. The van der Waals surface area contributed by atoms with Gasteiger partial charge in [-0.25, -0.2) is 0 Å². The van der Waals surface area contributed by atoms with Crippen LogP contribution in [0.25, 0.3) is 0 Å². The van der Waals surface area contributed by atoms with E-state index in [-0.39, 0.29) is 0 Å². The van der Waals surface area contributed by atoms with Gasteiger partial charge in [0.15, 0.2) is 0 Å². The van der Waals surface area contributed by atoms with Crippen molar-refractivity contribution in [3.05, 3.63) is 35.3 Å². The summed E-state index contributed by atoms with van der Waals surface area (Å²) in [6, 6.07) is 0. The molecular weight excluding hydrogens is 263 g/mol. The Labute approximate surface area is 83.3 Å². The molecule has 0 saturated heterocycles. The minimum Gasteiger partial charge on any atom is -0.103 e. The van der Waals surface area contributed by atoms with Crippen molar-refractivity contribution in [2.75, 3.05) is 0 Å². The van der Waals surface area contributed by atoms with Gasteiger partial charge in [-0.15, -0.1) is 41.5 Å². The van der Waals surface area contributed by atoms with E-state index in [4.69, 9.17) is 0 Å². The van der Waals surface area contributed by atoms with Crippen molar-refractivity contribution in [1.29, 1.82) is 0 Å². The normalized spacial score (nSPS) is 10.9. The topological polar surface area (TPSA) is 0 Å². The lowest BCUT2D eigenvalue weighted by atomic mass is 10.7. The second-order valence-corrected chi connectivity index (χ2v) is 11.7. The van der Waals surface area contributed by atoms with Crippen LogP contribution < -0.4 is 0 Å². The molecule has 62 valence electrons. The minimum absolute atomic E-state index is 1.23. The molecular formula is C9H15ISi. The van der Waals surface area contributed by atoms with Gasteiger partial charge < -0.3 is 0 Å². The number of rotatable bonds is 3. The van der Waals surface area contributed by atoms with Gasteiger partial charge in [0.1, 0.15) is 0 Å². The Hall–Kier alpha value is 0.167. The molecule has 0 aromatic heterocycles. The Balaban J connectivity index is 4.99. The Morgan fingerprint density at radius 3 is 1.09 bits per heavy atom. The van der Waals surface area contributed by atoms with Crippen molar-refractivity contribution in [2.45, 2.75) is 20.8 Å². The molecule has 0 aliphatic rings. The highest BCUT2D eigenvalue weighted by atomic mass is 127. The van der Waals surface area contributed by atoms with Crippen LogP contribution in [-0.2, 0) is 0 Å². The Morgan fingerprint density at radius 1 is 0.909 bits per heavy atom. The summed E-state index contributed by atoms with van der Waals surface area (Å²) in [5.74, 6) is 0. The van der Waals surface area contributed by atoms with E-state index in [1.807, 2.05) is 0 Å². The monoisotopic (exact) mass is 278 g/mol. The van der Waals surface area contributed by atoms with Gasteiger partial charge in [-0.2, -0.15) is 0 Å². The first-order chi connectivity index (χ1) is 4.83. The summed E-state index contributed by atoms with van der Waals surface area (Å²) < 4.78 is 0. The smallest absolute Gasteiger partial charge is 0.103 e. The maximum absolute atomic E-state index is 4.00. The fourth-order valence-electron chi connectivity index (χ4n) is 1.09. The molecule has 0 nitrogen and oxygen atoms in total. The molecule has 0 aliphatic heterocycles. The standard InChI is InChI=1S/C9H15ISi/c1-7(2)11(10,8(3)4)9(5)6/h1,3,5H2,2,4,6H3. The zero-order valence-corrected chi connectivity index (χ0v) is 10.7. The third-order valence-corrected chi connectivity index (χ3v) is 13.6. The Kier molecular flexibility index (Phi) is 3.77. The van der Waals surface area contributed by atoms with Crippen molar-refractivity contribution in [3.63, 3.8) is 0 Å². The van der Waals surface area contributed by atoms with Crippen molar-refractivity contribution < 1.29 is 0 Å². The van der Waals surface area contributed by atoms with Crippen LogP contribution in [-0.4, -0.2) is 5.57 Å². The molecule has 0 bridgehead atoms. The van der Waals surface area contributed by atoms with Crippen LogP contribution in [0.15, 0.2) is 35.3 Å². The van der Waals surface area contributed by atoms with Gasteiger partial charge in [-0.05, 0) is 20.8 Å². The molecule has 0 rings (SSSR count). The highest BCUT2D eigenvalue weighted by Gasteiger charge is 2.32. The zero-order chi connectivity index (χ0) is 9.23. The summed E-state index contributed by atoms with van der Waals surface area (Å²) in [5, 5.41) is 3.70. The predicted molar refractivity (Wildman–Crippen MR) is 64.2 cm³/mol. The lowest BCUT2D eigenvalue weighted by molar-refractivity contribution is 1.52. The van der Waals surface area contributed by atoms with Crippen molar-refractivity contribution in [3.8, 4) is 0 Å². The van der Waals surface area contributed by atoms with Gasteiger partial charge in [-0.3, -0.25) is 0 Å². The van der Waals surface area contributed by atoms with Gasteiger partial charge in [0, 0.05) is 0 Å². The van der Waals surface area contributed by atoms with Crippen molar-refractivity contribution >= 4 is 27.4 Å². The molecule has 0 radical (unpaired) electrons. The van der Waals surface area contributed by atoms with Gasteiger partial charge in [0.05, 0.1) is 0 Å². The summed E-state index contributed by atoms with van der Waals surface area (Å²) in [4.78, 5) is 0. The molecule has 0 amide bonds. The minimum atomic E-state index is -1.59. The predicted octanol–water partition coefficient (Wildman–Crippen LogP) is 3.71. The Morgan fingerprint density at radius 2 is 1.09 bits per heavy atom. The van der Waals surface area contributed by atoms with E-state index in [9.17, 15) is 0 Å². The molecule has 11 heavy (non-hydrogen) atoms. The largest absolute Gasteiger partial charge is 0.202 e. The highest BCUT2D eigenvalue weighted by molar-refractivity contribution is 14.1. The SMILES string of the molecule is C=C(C)[Si](I)(C(=C)C)C(=C)C. The van der Waals surface area contributed by atoms with Crippen LogP contribution in [0.4, 0.5) is 0 Å². The molecule has 0 N–H and O–H groups in total. The van der Waals surface area contributed by atoms with Gasteiger partial charge in [0.2, 0.25) is 5.57 Å². The average Bonchev–Trinajstić information content (AvgIpc) is 1.84. The zero-order valence-electron chi connectivity index (χ0n) is 7.50. The number of hydrogen-bond donors (Lipinski definition) is 0. The van der Waals surface area contributed by atoms with Crippen LogP contribution in [0.2, 0.25) is 0 Å². The maximum atomic E-state index is 4.00. The van der Waals surface area contributed by atoms with Crippen LogP contribution in [0.5, 0.6) is 0 Å². The molecule has 0 saturated carbocycles. The van der Waals surface area contributed by atoms with E-state index in [2.05, 4.69) is 62.3 Å². The van der Waals surface area contributed by atoms with Crippen molar-refractivity contribution in [2.24, 2.45) is 0 Å². The fourth-order valence-corrected chi connectivity index (χ4v) is 3.28. The van der Waals surface area contributed by atoms with Gasteiger partial charge in [-0.1, -0.05) is 15.6 Å².